The lowest BCUT2D eigenvalue weighted by Gasteiger charge is -2.22. The van der Waals surface area contributed by atoms with E-state index >= 15 is 0 Å². The maximum absolute atomic E-state index is 13.2. The number of benzene rings is 2. The van der Waals surface area contributed by atoms with Gasteiger partial charge >= 0.3 is 0 Å². The third kappa shape index (κ3) is 4.14. The van der Waals surface area contributed by atoms with Crippen molar-refractivity contribution in [1.82, 2.24) is 0 Å². The van der Waals surface area contributed by atoms with Crippen molar-refractivity contribution >= 4 is 23.2 Å². The third-order valence-corrected chi connectivity index (χ3v) is 3.49. The zero-order valence-corrected chi connectivity index (χ0v) is 13.3. The molecule has 4 nitrogen and oxygen atoms in total. The Bertz CT molecular complexity index is 770. The molecule has 0 saturated carbocycles. The van der Waals surface area contributed by atoms with Crippen molar-refractivity contribution < 1.29 is 27.2 Å². The first-order valence-electron chi connectivity index (χ1n) is 7.14. The van der Waals surface area contributed by atoms with Crippen LogP contribution in [0, 0.1) is 28.7 Å². The van der Waals surface area contributed by atoms with Crippen molar-refractivity contribution in [2.75, 3.05) is 10.6 Å². The molecule has 0 atom stereocenters. The molecule has 0 bridgehead atoms. The Labute approximate surface area is 140 Å². The first-order chi connectivity index (χ1) is 11.6. The second-order valence-electron chi connectivity index (χ2n) is 5.79. The first kappa shape index (κ1) is 18.4. The van der Waals surface area contributed by atoms with Crippen molar-refractivity contribution in [2.24, 2.45) is 5.41 Å². The second-order valence-corrected chi connectivity index (χ2v) is 5.79. The summed E-state index contributed by atoms with van der Waals surface area (Å²) in [5.41, 5.74) is -1.69. The molecule has 0 aliphatic heterocycles. The fraction of sp³-hybridized carbons (Fsp3) is 0.176. The van der Waals surface area contributed by atoms with Crippen LogP contribution in [0.5, 0.6) is 0 Å². The predicted molar refractivity (Wildman–Crippen MR) is 83.8 cm³/mol. The van der Waals surface area contributed by atoms with Gasteiger partial charge in [0.1, 0.15) is 5.41 Å². The van der Waals surface area contributed by atoms with E-state index in [2.05, 4.69) is 10.6 Å². The molecule has 0 unspecified atom stereocenters. The van der Waals surface area contributed by atoms with Gasteiger partial charge in [0.15, 0.2) is 23.3 Å². The highest BCUT2D eigenvalue weighted by Crippen LogP contribution is 2.23. The highest BCUT2D eigenvalue weighted by molar-refractivity contribution is 6.13. The maximum Gasteiger partial charge on any atom is 0.239 e. The lowest BCUT2D eigenvalue weighted by atomic mass is 9.90. The van der Waals surface area contributed by atoms with E-state index in [4.69, 9.17) is 0 Å². The minimum absolute atomic E-state index is 0.0300. The number of halogens is 4. The van der Waals surface area contributed by atoms with Crippen LogP contribution in [-0.2, 0) is 9.59 Å². The Hall–Kier alpha value is -2.90. The molecule has 0 saturated heterocycles. The van der Waals surface area contributed by atoms with E-state index in [1.807, 2.05) is 0 Å². The monoisotopic (exact) mass is 354 g/mol. The predicted octanol–water partition coefficient (Wildman–Crippen LogP) is 3.85. The summed E-state index contributed by atoms with van der Waals surface area (Å²) < 4.78 is 52.1. The molecule has 0 aliphatic rings. The fourth-order valence-corrected chi connectivity index (χ4v) is 1.83. The number of nitrogens with one attached hydrogen (secondary N) is 2. The average Bonchev–Trinajstić information content (AvgIpc) is 2.54. The molecule has 2 N–H and O–H groups in total. The van der Waals surface area contributed by atoms with Crippen molar-refractivity contribution in [2.45, 2.75) is 13.8 Å². The summed E-state index contributed by atoms with van der Waals surface area (Å²) in [6.07, 6.45) is 0. The van der Waals surface area contributed by atoms with Crippen LogP contribution < -0.4 is 10.6 Å². The molecule has 132 valence electrons. The maximum atomic E-state index is 13.2. The molecule has 0 radical (unpaired) electrons. The number of carbonyl (C=O) groups is 2. The number of anilines is 2. The Balaban J connectivity index is 2.12. The van der Waals surface area contributed by atoms with Crippen LogP contribution in [0.2, 0.25) is 0 Å². The van der Waals surface area contributed by atoms with Gasteiger partial charge in [0.05, 0.1) is 0 Å². The van der Waals surface area contributed by atoms with Crippen LogP contribution in [0.25, 0.3) is 0 Å². The molecule has 0 heterocycles. The number of hydrogen-bond donors (Lipinski definition) is 2. The second kappa shape index (κ2) is 6.92. The van der Waals surface area contributed by atoms with E-state index < -0.39 is 40.5 Å². The third-order valence-electron chi connectivity index (χ3n) is 3.49. The molecule has 2 aromatic rings. The summed E-state index contributed by atoms with van der Waals surface area (Å²) in [5.74, 6) is -6.04. The van der Waals surface area contributed by atoms with Crippen LogP contribution in [0.3, 0.4) is 0 Å². The van der Waals surface area contributed by atoms with Crippen LogP contribution in [-0.4, -0.2) is 11.8 Å². The zero-order chi connectivity index (χ0) is 18.8. The Kier molecular flexibility index (Phi) is 5.10. The van der Waals surface area contributed by atoms with Gasteiger partial charge in [0.25, 0.3) is 0 Å². The molecular formula is C17H14F4N2O2. The van der Waals surface area contributed by atoms with Crippen LogP contribution in [0.15, 0.2) is 36.4 Å². The van der Waals surface area contributed by atoms with Gasteiger partial charge in [-0.05, 0) is 38.1 Å². The summed E-state index contributed by atoms with van der Waals surface area (Å²) in [6, 6.07) is 5.49. The highest BCUT2D eigenvalue weighted by atomic mass is 19.2. The summed E-state index contributed by atoms with van der Waals surface area (Å²) >= 11 is 0. The normalized spacial score (nSPS) is 11.1. The van der Waals surface area contributed by atoms with Crippen molar-refractivity contribution in [3.05, 3.63) is 59.7 Å². The van der Waals surface area contributed by atoms with Gasteiger partial charge in [0, 0.05) is 23.5 Å². The number of hydrogen-bond acceptors (Lipinski definition) is 2. The van der Waals surface area contributed by atoms with Crippen LogP contribution in [0.1, 0.15) is 13.8 Å². The summed E-state index contributed by atoms with van der Waals surface area (Å²) in [4.78, 5) is 24.5. The molecule has 25 heavy (non-hydrogen) atoms. The minimum atomic E-state index is -1.63. The van der Waals surface area contributed by atoms with Crippen molar-refractivity contribution in [1.29, 1.82) is 0 Å². The summed E-state index contributed by atoms with van der Waals surface area (Å²) in [7, 11) is 0. The van der Waals surface area contributed by atoms with E-state index in [0.717, 1.165) is 36.4 Å². The largest absolute Gasteiger partial charge is 0.325 e. The first-order valence-corrected chi connectivity index (χ1v) is 7.14. The molecule has 8 heteroatoms. The smallest absolute Gasteiger partial charge is 0.239 e. The SMILES string of the molecule is CC(C)(C(=O)Nc1ccc(F)c(F)c1)C(=O)Nc1ccc(F)c(F)c1. The standard InChI is InChI=1S/C17H14F4N2O2/c1-17(2,15(24)22-9-3-5-11(18)13(20)7-9)16(25)23-10-4-6-12(19)14(21)8-10/h3-8H,1-2H3,(H,22,24)(H,23,25). The molecule has 0 aliphatic carbocycles. The van der Waals surface area contributed by atoms with E-state index in [9.17, 15) is 27.2 Å². The molecule has 0 fully saturated rings. The highest BCUT2D eigenvalue weighted by Gasteiger charge is 2.36. The van der Waals surface area contributed by atoms with Crippen molar-refractivity contribution in [3.63, 3.8) is 0 Å². The Morgan fingerprint density at radius 2 is 1.08 bits per heavy atom. The van der Waals surface area contributed by atoms with Gasteiger partial charge in [-0.2, -0.15) is 0 Å². The van der Waals surface area contributed by atoms with E-state index in [1.165, 1.54) is 13.8 Å². The quantitative estimate of drug-likeness (QED) is 0.647. The molecule has 2 rings (SSSR count). The van der Waals surface area contributed by atoms with Gasteiger partial charge < -0.3 is 10.6 Å². The van der Waals surface area contributed by atoms with E-state index in [0.29, 0.717) is 0 Å². The van der Waals surface area contributed by atoms with Crippen LogP contribution >= 0.6 is 0 Å². The molecule has 0 aromatic heterocycles. The minimum Gasteiger partial charge on any atom is -0.325 e. The Morgan fingerprint density at radius 1 is 0.720 bits per heavy atom. The Morgan fingerprint density at radius 3 is 1.40 bits per heavy atom. The number of carbonyl (C=O) groups excluding carboxylic acids is 2. The van der Waals surface area contributed by atoms with Gasteiger partial charge in [-0.1, -0.05) is 0 Å². The van der Waals surface area contributed by atoms with E-state index in [1.54, 1.807) is 0 Å². The van der Waals surface area contributed by atoms with Crippen LogP contribution in [0.4, 0.5) is 28.9 Å². The molecule has 2 amide bonds. The number of rotatable bonds is 4. The van der Waals surface area contributed by atoms with E-state index in [-0.39, 0.29) is 11.4 Å². The lowest BCUT2D eigenvalue weighted by molar-refractivity contribution is -0.135. The fourth-order valence-electron chi connectivity index (χ4n) is 1.83. The molecule has 2 aromatic carbocycles. The van der Waals surface area contributed by atoms with Gasteiger partial charge in [-0.25, -0.2) is 17.6 Å². The van der Waals surface area contributed by atoms with Crippen molar-refractivity contribution in [3.8, 4) is 0 Å². The summed E-state index contributed by atoms with van der Waals surface area (Å²) in [6.45, 7) is 2.58. The zero-order valence-electron chi connectivity index (χ0n) is 13.3. The van der Waals surface area contributed by atoms with Gasteiger partial charge in [-0.15, -0.1) is 0 Å². The average molecular weight is 354 g/mol. The summed E-state index contributed by atoms with van der Waals surface area (Å²) in [5, 5.41) is 4.59. The molecule has 0 spiro atoms. The van der Waals surface area contributed by atoms with Gasteiger partial charge in [-0.3, -0.25) is 9.59 Å². The topological polar surface area (TPSA) is 58.2 Å². The lowest BCUT2D eigenvalue weighted by Crippen LogP contribution is -2.41. The van der Waals surface area contributed by atoms with Gasteiger partial charge in [0.2, 0.25) is 11.8 Å². The number of amides is 2. The molecular weight excluding hydrogens is 340 g/mol.